The van der Waals surface area contributed by atoms with E-state index in [4.69, 9.17) is 4.42 Å². The van der Waals surface area contributed by atoms with Gasteiger partial charge in [-0.05, 0) is 43.7 Å². The zero-order valence-electron chi connectivity index (χ0n) is 16.2. The third-order valence-corrected chi connectivity index (χ3v) is 5.43. The summed E-state index contributed by atoms with van der Waals surface area (Å²) >= 11 is 0. The van der Waals surface area contributed by atoms with Crippen LogP contribution in [0.4, 0.5) is 4.39 Å². The maximum atomic E-state index is 14.1. The highest BCUT2D eigenvalue weighted by molar-refractivity contribution is 5.53. The zero-order chi connectivity index (χ0) is 20.5. The van der Waals surface area contributed by atoms with Gasteiger partial charge in [-0.25, -0.2) is 9.37 Å². The number of fused-ring (bicyclic) bond motifs is 1. The molecule has 5 rings (SSSR count). The first-order valence-corrected chi connectivity index (χ1v) is 9.99. The molecule has 1 aromatic carbocycles. The van der Waals surface area contributed by atoms with Crippen LogP contribution in [0.5, 0.6) is 0 Å². The second kappa shape index (κ2) is 7.79. The van der Waals surface area contributed by atoms with Gasteiger partial charge >= 0.3 is 0 Å². The molecule has 30 heavy (non-hydrogen) atoms. The summed E-state index contributed by atoms with van der Waals surface area (Å²) in [5, 5.41) is 8.27. The normalized spacial score (nSPS) is 17.4. The van der Waals surface area contributed by atoms with E-state index in [1.807, 2.05) is 12.1 Å². The van der Waals surface area contributed by atoms with E-state index in [0.717, 1.165) is 25.8 Å². The summed E-state index contributed by atoms with van der Waals surface area (Å²) in [6, 6.07) is 13.3. The Morgan fingerprint density at radius 1 is 1.10 bits per heavy atom. The van der Waals surface area contributed by atoms with Crippen LogP contribution in [0.25, 0.3) is 17.1 Å². The summed E-state index contributed by atoms with van der Waals surface area (Å²) in [5.74, 6) is 0.246. The Hall–Kier alpha value is -3.39. The molecule has 8 heteroatoms. The van der Waals surface area contributed by atoms with Crippen molar-refractivity contribution in [3.8, 4) is 11.5 Å². The lowest BCUT2D eigenvalue weighted by Gasteiger charge is -2.33. The van der Waals surface area contributed by atoms with Gasteiger partial charge in [0.25, 0.3) is 11.4 Å². The fraction of sp³-hybridized carbons (Fsp3) is 0.273. The van der Waals surface area contributed by atoms with Gasteiger partial charge in [-0.1, -0.05) is 24.6 Å². The lowest BCUT2D eigenvalue weighted by Crippen LogP contribution is -2.34. The van der Waals surface area contributed by atoms with Crippen LogP contribution >= 0.6 is 0 Å². The molecule has 3 aromatic heterocycles. The number of likely N-dealkylation sites (tertiary alicyclic amines) is 1. The highest BCUT2D eigenvalue weighted by Crippen LogP contribution is 2.33. The Balaban J connectivity index is 1.43. The molecule has 1 aliphatic heterocycles. The van der Waals surface area contributed by atoms with Crippen LogP contribution in [0.2, 0.25) is 0 Å². The fourth-order valence-electron chi connectivity index (χ4n) is 3.96. The third-order valence-electron chi connectivity index (χ3n) is 5.43. The van der Waals surface area contributed by atoms with Crippen LogP contribution in [0.3, 0.4) is 0 Å². The first-order chi connectivity index (χ1) is 14.7. The summed E-state index contributed by atoms with van der Waals surface area (Å²) in [6.45, 7) is 1.33. The van der Waals surface area contributed by atoms with Gasteiger partial charge in [0, 0.05) is 18.8 Å². The largest absolute Gasteiger partial charge is 0.419 e. The Morgan fingerprint density at radius 3 is 2.87 bits per heavy atom. The molecule has 1 saturated heterocycles. The van der Waals surface area contributed by atoms with Crippen LogP contribution in [0.15, 0.2) is 63.9 Å². The lowest BCUT2D eigenvalue weighted by molar-refractivity contribution is 0.117. The summed E-state index contributed by atoms with van der Waals surface area (Å²) < 4.78 is 21.5. The number of hydrogen-bond acceptors (Lipinski definition) is 6. The molecule has 0 saturated carbocycles. The Bertz CT molecular complexity index is 1250. The van der Waals surface area contributed by atoms with Crippen LogP contribution in [-0.4, -0.2) is 31.0 Å². The molecule has 1 aliphatic rings. The average molecular weight is 405 g/mol. The Labute approximate surface area is 171 Å². The smallest absolute Gasteiger partial charge is 0.258 e. The highest BCUT2D eigenvalue weighted by Gasteiger charge is 2.29. The topological polar surface area (TPSA) is 76.5 Å². The minimum Gasteiger partial charge on any atom is -0.419 e. The van der Waals surface area contributed by atoms with Crippen molar-refractivity contribution in [2.24, 2.45) is 0 Å². The predicted molar refractivity (Wildman–Crippen MR) is 108 cm³/mol. The standard InChI is InChI=1S/C22H20FN5O2/c23-17-8-2-1-7-16(17)21-25-26-22(30-21)18-9-3-5-11-27(18)14-15-13-20(29)28-12-6-4-10-19(28)24-15/h1-2,4,6-8,10,12-13,18H,3,5,9,11,14H2/t18-/m0/s1. The molecule has 0 aliphatic carbocycles. The number of hydrogen-bond donors (Lipinski definition) is 0. The maximum Gasteiger partial charge on any atom is 0.258 e. The molecular formula is C22H20FN5O2. The molecule has 0 N–H and O–H groups in total. The lowest BCUT2D eigenvalue weighted by atomic mass is 10.0. The molecule has 7 nitrogen and oxygen atoms in total. The Kier molecular flexibility index (Phi) is 4.84. The first kappa shape index (κ1) is 18.6. The number of rotatable bonds is 4. The van der Waals surface area contributed by atoms with Crippen molar-refractivity contribution in [2.75, 3.05) is 6.54 Å². The quantitative estimate of drug-likeness (QED) is 0.516. The van der Waals surface area contributed by atoms with E-state index in [1.165, 1.54) is 10.5 Å². The second-order valence-corrected chi connectivity index (χ2v) is 7.42. The monoisotopic (exact) mass is 405 g/mol. The minimum atomic E-state index is -0.394. The van der Waals surface area contributed by atoms with Crippen LogP contribution < -0.4 is 5.56 Å². The van der Waals surface area contributed by atoms with E-state index in [2.05, 4.69) is 20.1 Å². The summed E-state index contributed by atoms with van der Waals surface area (Å²) in [7, 11) is 0. The van der Waals surface area contributed by atoms with E-state index in [9.17, 15) is 9.18 Å². The van der Waals surface area contributed by atoms with Gasteiger partial charge < -0.3 is 4.42 Å². The average Bonchev–Trinajstić information content (AvgIpc) is 3.24. The van der Waals surface area contributed by atoms with E-state index in [0.29, 0.717) is 29.3 Å². The molecule has 0 spiro atoms. The van der Waals surface area contributed by atoms with Crippen LogP contribution in [0, 0.1) is 5.82 Å². The molecule has 0 bridgehead atoms. The zero-order valence-corrected chi connectivity index (χ0v) is 16.2. The maximum absolute atomic E-state index is 14.1. The molecule has 0 amide bonds. The fourth-order valence-corrected chi connectivity index (χ4v) is 3.96. The molecule has 4 heterocycles. The first-order valence-electron chi connectivity index (χ1n) is 9.99. The van der Waals surface area contributed by atoms with Crippen molar-refractivity contribution in [3.63, 3.8) is 0 Å². The van der Waals surface area contributed by atoms with E-state index >= 15 is 0 Å². The van der Waals surface area contributed by atoms with Gasteiger partial charge in [0.05, 0.1) is 17.3 Å². The van der Waals surface area contributed by atoms with Crippen molar-refractivity contribution < 1.29 is 8.81 Å². The molecule has 1 atom stereocenters. The molecule has 4 aromatic rings. The summed E-state index contributed by atoms with van der Waals surface area (Å²) in [6.07, 6.45) is 4.63. The van der Waals surface area contributed by atoms with Gasteiger partial charge in [-0.2, -0.15) is 0 Å². The number of pyridine rings is 1. The van der Waals surface area contributed by atoms with Crippen molar-refractivity contribution >= 4 is 5.65 Å². The molecule has 0 unspecified atom stereocenters. The van der Waals surface area contributed by atoms with E-state index < -0.39 is 5.82 Å². The Morgan fingerprint density at radius 2 is 1.97 bits per heavy atom. The van der Waals surface area contributed by atoms with Gasteiger partial charge in [-0.3, -0.25) is 14.1 Å². The molecule has 0 radical (unpaired) electrons. The number of aromatic nitrogens is 4. The van der Waals surface area contributed by atoms with Crippen LogP contribution in [0.1, 0.15) is 36.9 Å². The molecule has 152 valence electrons. The van der Waals surface area contributed by atoms with Crippen molar-refractivity contribution in [1.29, 1.82) is 0 Å². The van der Waals surface area contributed by atoms with Crippen molar-refractivity contribution in [2.45, 2.75) is 31.8 Å². The van der Waals surface area contributed by atoms with Crippen molar-refractivity contribution in [3.05, 3.63) is 82.5 Å². The second-order valence-electron chi connectivity index (χ2n) is 7.42. The summed E-state index contributed by atoms with van der Waals surface area (Å²) in [4.78, 5) is 19.2. The van der Waals surface area contributed by atoms with Gasteiger partial charge in [-0.15, -0.1) is 10.2 Å². The minimum absolute atomic E-state index is 0.0946. The van der Waals surface area contributed by atoms with Gasteiger partial charge in [0.15, 0.2) is 0 Å². The number of halogens is 1. The van der Waals surface area contributed by atoms with Gasteiger partial charge in [0.1, 0.15) is 11.5 Å². The third kappa shape index (κ3) is 3.50. The number of benzene rings is 1. The van der Waals surface area contributed by atoms with Crippen LogP contribution in [-0.2, 0) is 6.54 Å². The van der Waals surface area contributed by atoms with E-state index in [-0.39, 0.29) is 17.5 Å². The van der Waals surface area contributed by atoms with Crippen molar-refractivity contribution in [1.82, 2.24) is 24.5 Å². The molecule has 1 fully saturated rings. The van der Waals surface area contributed by atoms with E-state index in [1.54, 1.807) is 36.5 Å². The number of nitrogens with zero attached hydrogens (tertiary/aromatic N) is 5. The molecular weight excluding hydrogens is 385 g/mol. The SMILES string of the molecule is O=c1cc(CN2CCCC[C@H]2c2nnc(-c3ccccc3F)o2)nc2ccccn12. The predicted octanol–water partition coefficient (Wildman–Crippen LogP) is 3.61. The number of piperidine rings is 1. The highest BCUT2D eigenvalue weighted by atomic mass is 19.1. The van der Waals surface area contributed by atoms with Gasteiger partial charge in [0.2, 0.25) is 5.89 Å². The summed E-state index contributed by atoms with van der Waals surface area (Å²) in [5.41, 5.74) is 1.51.